The van der Waals surface area contributed by atoms with Crippen molar-refractivity contribution in [2.24, 2.45) is 5.92 Å². The molecular formula is C11H20N2O. The minimum atomic E-state index is 0.845. The van der Waals surface area contributed by atoms with Gasteiger partial charge in [0.25, 0.3) is 0 Å². The Morgan fingerprint density at radius 1 is 1.36 bits per heavy atom. The number of nitrogens with one attached hydrogen (secondary N) is 1. The van der Waals surface area contributed by atoms with Gasteiger partial charge in [0.1, 0.15) is 0 Å². The van der Waals surface area contributed by atoms with Crippen molar-refractivity contribution in [2.75, 3.05) is 26.3 Å². The van der Waals surface area contributed by atoms with Crippen LogP contribution in [0.4, 0.5) is 0 Å². The lowest BCUT2D eigenvalue weighted by Gasteiger charge is -2.25. The van der Waals surface area contributed by atoms with E-state index in [1.807, 2.05) is 0 Å². The second-order valence-corrected chi connectivity index (χ2v) is 4.38. The maximum absolute atomic E-state index is 7.72. The van der Waals surface area contributed by atoms with E-state index in [1.165, 1.54) is 25.7 Å². The fourth-order valence-corrected chi connectivity index (χ4v) is 2.35. The maximum Gasteiger partial charge on any atom is 0.0958 e. The van der Waals surface area contributed by atoms with Crippen LogP contribution >= 0.6 is 0 Å². The highest BCUT2D eigenvalue weighted by Gasteiger charge is 2.19. The van der Waals surface area contributed by atoms with Crippen LogP contribution in [0.3, 0.4) is 0 Å². The fraction of sp³-hybridized carbons (Fsp3) is 0.909. The predicted octanol–water partition coefficient (Wildman–Crippen LogP) is 1.88. The van der Waals surface area contributed by atoms with E-state index in [2.05, 4.69) is 4.90 Å². The monoisotopic (exact) mass is 196 g/mol. The van der Waals surface area contributed by atoms with Crippen LogP contribution in [-0.2, 0) is 4.74 Å². The lowest BCUT2D eigenvalue weighted by Crippen LogP contribution is -2.28. The van der Waals surface area contributed by atoms with Gasteiger partial charge in [0.2, 0.25) is 0 Å². The molecule has 0 aromatic heterocycles. The highest BCUT2D eigenvalue weighted by Crippen LogP contribution is 2.20. The van der Waals surface area contributed by atoms with Gasteiger partial charge in [-0.1, -0.05) is 0 Å². The molecule has 0 aromatic rings. The summed E-state index contributed by atoms with van der Waals surface area (Å²) < 4.78 is 5.34. The summed E-state index contributed by atoms with van der Waals surface area (Å²) in [5.41, 5.74) is 0. The standard InChI is InChI=1S/C11H20N2O/c12-11-2-1-6-13(11)7-3-10-4-8-14-9-5-10/h10,12H,1-9H2. The zero-order valence-electron chi connectivity index (χ0n) is 8.80. The van der Waals surface area contributed by atoms with Crippen molar-refractivity contribution in [1.29, 1.82) is 5.41 Å². The molecule has 0 radical (unpaired) electrons. The second-order valence-electron chi connectivity index (χ2n) is 4.38. The van der Waals surface area contributed by atoms with E-state index in [0.29, 0.717) is 0 Å². The molecule has 2 aliphatic heterocycles. The van der Waals surface area contributed by atoms with E-state index in [-0.39, 0.29) is 0 Å². The smallest absolute Gasteiger partial charge is 0.0958 e. The first-order valence-electron chi connectivity index (χ1n) is 5.76. The third kappa shape index (κ3) is 2.47. The number of hydrogen-bond donors (Lipinski definition) is 1. The van der Waals surface area contributed by atoms with E-state index in [0.717, 1.165) is 44.5 Å². The normalized spacial score (nSPS) is 24.6. The van der Waals surface area contributed by atoms with Gasteiger partial charge in [-0.05, 0) is 31.6 Å². The van der Waals surface area contributed by atoms with Crippen molar-refractivity contribution in [3.05, 3.63) is 0 Å². The molecule has 1 N–H and O–H groups in total. The average molecular weight is 196 g/mol. The molecule has 0 atom stereocenters. The first-order chi connectivity index (χ1) is 6.86. The van der Waals surface area contributed by atoms with Crippen LogP contribution in [0.15, 0.2) is 0 Å². The van der Waals surface area contributed by atoms with Crippen molar-refractivity contribution in [1.82, 2.24) is 4.90 Å². The van der Waals surface area contributed by atoms with Crippen molar-refractivity contribution in [3.63, 3.8) is 0 Å². The van der Waals surface area contributed by atoms with E-state index in [4.69, 9.17) is 10.1 Å². The van der Waals surface area contributed by atoms with Crippen LogP contribution in [0.25, 0.3) is 0 Å². The lowest BCUT2D eigenvalue weighted by molar-refractivity contribution is 0.0623. The lowest BCUT2D eigenvalue weighted by atomic mass is 9.96. The third-order valence-corrected chi connectivity index (χ3v) is 3.37. The molecule has 0 spiro atoms. The summed E-state index contributed by atoms with van der Waals surface area (Å²) in [5.74, 6) is 1.70. The zero-order valence-corrected chi connectivity index (χ0v) is 8.80. The first kappa shape index (κ1) is 9.97. The number of likely N-dealkylation sites (tertiary alicyclic amines) is 1. The Hall–Kier alpha value is -0.570. The molecule has 2 aliphatic rings. The van der Waals surface area contributed by atoms with Crippen LogP contribution in [0.1, 0.15) is 32.1 Å². The zero-order chi connectivity index (χ0) is 9.80. The molecule has 3 heteroatoms. The van der Waals surface area contributed by atoms with Crippen LogP contribution < -0.4 is 0 Å². The first-order valence-corrected chi connectivity index (χ1v) is 5.76. The van der Waals surface area contributed by atoms with Gasteiger partial charge in [-0.25, -0.2) is 0 Å². The largest absolute Gasteiger partial charge is 0.381 e. The summed E-state index contributed by atoms with van der Waals surface area (Å²) in [6.45, 7) is 4.11. The Morgan fingerprint density at radius 2 is 2.14 bits per heavy atom. The van der Waals surface area contributed by atoms with Crippen molar-refractivity contribution in [3.8, 4) is 0 Å². The summed E-state index contributed by atoms with van der Waals surface area (Å²) in [6.07, 6.45) is 5.88. The Bertz CT molecular complexity index is 199. The van der Waals surface area contributed by atoms with Gasteiger partial charge in [0.05, 0.1) is 5.84 Å². The maximum atomic E-state index is 7.72. The molecule has 80 valence electrons. The average Bonchev–Trinajstić information content (AvgIpc) is 2.63. The van der Waals surface area contributed by atoms with Crippen LogP contribution in [0, 0.1) is 11.3 Å². The molecule has 3 nitrogen and oxygen atoms in total. The Morgan fingerprint density at radius 3 is 2.79 bits per heavy atom. The second kappa shape index (κ2) is 4.78. The number of hydrogen-bond acceptors (Lipinski definition) is 2. The Kier molecular flexibility index (Phi) is 3.40. The SMILES string of the molecule is N=C1CCCN1CCC1CCOCC1. The van der Waals surface area contributed by atoms with Crippen LogP contribution in [0.5, 0.6) is 0 Å². The van der Waals surface area contributed by atoms with E-state index in [9.17, 15) is 0 Å². The van der Waals surface area contributed by atoms with Crippen LogP contribution in [0.2, 0.25) is 0 Å². The molecule has 2 saturated heterocycles. The molecule has 0 unspecified atom stereocenters. The Labute approximate surface area is 85.9 Å². The number of amidine groups is 1. The van der Waals surface area contributed by atoms with E-state index < -0.39 is 0 Å². The number of rotatable bonds is 3. The number of nitrogens with zero attached hydrogens (tertiary/aromatic N) is 1. The Balaban J connectivity index is 1.68. The van der Waals surface area contributed by atoms with Gasteiger partial charge in [-0.2, -0.15) is 0 Å². The molecule has 2 heterocycles. The summed E-state index contributed by atoms with van der Waals surface area (Å²) in [7, 11) is 0. The molecule has 0 amide bonds. The molecule has 2 rings (SSSR count). The highest BCUT2D eigenvalue weighted by atomic mass is 16.5. The summed E-state index contributed by atoms with van der Waals surface area (Å²) >= 11 is 0. The van der Waals surface area contributed by atoms with Gasteiger partial charge >= 0.3 is 0 Å². The molecular weight excluding hydrogens is 176 g/mol. The minimum Gasteiger partial charge on any atom is -0.381 e. The van der Waals surface area contributed by atoms with Crippen molar-refractivity contribution in [2.45, 2.75) is 32.1 Å². The van der Waals surface area contributed by atoms with E-state index >= 15 is 0 Å². The predicted molar refractivity (Wildman–Crippen MR) is 56.7 cm³/mol. The fourth-order valence-electron chi connectivity index (χ4n) is 2.35. The van der Waals surface area contributed by atoms with Gasteiger partial charge in [0.15, 0.2) is 0 Å². The molecule has 0 aromatic carbocycles. The topological polar surface area (TPSA) is 36.3 Å². The summed E-state index contributed by atoms with van der Waals surface area (Å²) in [5, 5.41) is 7.72. The van der Waals surface area contributed by atoms with Gasteiger partial charge < -0.3 is 9.64 Å². The molecule has 2 fully saturated rings. The minimum absolute atomic E-state index is 0.845. The van der Waals surface area contributed by atoms with Crippen LogP contribution in [-0.4, -0.2) is 37.0 Å². The van der Waals surface area contributed by atoms with Crippen molar-refractivity contribution < 1.29 is 4.74 Å². The third-order valence-electron chi connectivity index (χ3n) is 3.37. The van der Waals surface area contributed by atoms with Gasteiger partial charge in [0, 0.05) is 32.7 Å². The molecule has 14 heavy (non-hydrogen) atoms. The summed E-state index contributed by atoms with van der Waals surface area (Å²) in [6, 6.07) is 0. The van der Waals surface area contributed by atoms with Gasteiger partial charge in [-0.3, -0.25) is 5.41 Å². The number of ether oxygens (including phenoxy) is 1. The molecule has 0 bridgehead atoms. The highest BCUT2D eigenvalue weighted by molar-refractivity contribution is 5.80. The molecule has 0 saturated carbocycles. The quantitative estimate of drug-likeness (QED) is 0.748. The summed E-state index contributed by atoms with van der Waals surface area (Å²) in [4.78, 5) is 2.25. The van der Waals surface area contributed by atoms with Crippen molar-refractivity contribution >= 4 is 5.84 Å². The van der Waals surface area contributed by atoms with Gasteiger partial charge in [-0.15, -0.1) is 0 Å². The molecule has 0 aliphatic carbocycles. The van der Waals surface area contributed by atoms with E-state index in [1.54, 1.807) is 0 Å².